The first kappa shape index (κ1) is 95.0. The molecule has 16 saturated carbocycles. The molecule has 0 spiro atoms. The molecular weight excluding hydrogens is 1710 g/mol. The summed E-state index contributed by atoms with van der Waals surface area (Å²) in [4.78, 5) is 57.3. The third-order valence-electron chi connectivity index (χ3n) is 42.2. The zero-order valence-electron chi connectivity index (χ0n) is 82.4. The quantitative estimate of drug-likeness (QED) is 0.0621. The lowest BCUT2D eigenvalue weighted by Gasteiger charge is -2.57. The summed E-state index contributed by atoms with van der Waals surface area (Å²) in [5, 5.41) is 78.1. The molecule has 0 radical (unpaired) electrons. The number of fused-ring (bicyclic) bond motifs is 24. The number of aliphatic hydroxyl groups is 4. The number of Topliss-reactive ketones (excluding diaryl/α,β-unsaturated/α-hetero) is 4. The Morgan fingerprint density at radius 2 is 0.647 bits per heavy atom. The van der Waals surface area contributed by atoms with Crippen molar-refractivity contribution in [2.45, 2.75) is 335 Å². The highest BCUT2D eigenvalue weighted by molar-refractivity contribution is 5.86. The minimum absolute atomic E-state index is 0.0385. The SMILES string of the molecule is CCOC[C@@]1(O)CC[C@H]2[C@H](CC[C@@H]3[C@@H]2CC[C@]2(C)[C@@H](C(=O)Cn4nc5ccc(F)cc5n4)CC[C@@H]32)C1.CCOC[C@@]1(O)CC[C@H]2[C@H](CC[C@@H]3[C@@H]2CC[C@]2(C)[C@@H](C(=O)Cn4nnc5ccc(F)cc54)CC[C@@H]32)C1.C[C@@]1(O)CC[C@H]2[C@@H](CC[C@@H]3[C@@H]2CC[C@]2(C)[C@@H](C(=O)Cn4nc5ccccc5n4)CC[C@@H]32)C1.C[C@@]1(O)CC[C@H]2[C@@H](CC[C@@H]3[C@@H]2CC[C@]2(C)[C@@H](C(=O)Cn4nnc5ccccc54)CC[C@@H]32)C1. The number of hydrogen-bond donors (Lipinski definition) is 4. The number of aromatic nitrogens is 12. The van der Waals surface area contributed by atoms with E-state index in [1.54, 1.807) is 26.3 Å². The second kappa shape index (κ2) is 37.3. The van der Waals surface area contributed by atoms with Crippen molar-refractivity contribution >= 4 is 67.3 Å². The first-order chi connectivity index (χ1) is 65.3. The zero-order chi connectivity index (χ0) is 94.3. The highest BCUT2D eigenvalue weighted by atomic mass is 19.1. The van der Waals surface area contributed by atoms with Gasteiger partial charge in [0.25, 0.3) is 0 Å². The van der Waals surface area contributed by atoms with Crippen LogP contribution in [0.2, 0.25) is 0 Å². The topological polar surface area (TPSA) is 290 Å². The van der Waals surface area contributed by atoms with Crippen LogP contribution >= 0.6 is 0 Å². The zero-order valence-corrected chi connectivity index (χ0v) is 82.4. The minimum atomic E-state index is -0.646. The second-order valence-electron chi connectivity index (χ2n) is 49.2. The highest BCUT2D eigenvalue weighted by Gasteiger charge is 2.65. The molecule has 8 aromatic rings. The summed E-state index contributed by atoms with van der Waals surface area (Å²) < 4.78 is 42.0. The Bertz CT molecular complexity index is 5640. The summed E-state index contributed by atoms with van der Waals surface area (Å²) in [5.74, 6) is 15.1. The Kier molecular flexibility index (Phi) is 26.0. The summed E-state index contributed by atoms with van der Waals surface area (Å²) in [6, 6.07) is 24.5. The van der Waals surface area contributed by atoms with E-state index in [2.05, 4.69) is 68.7 Å². The molecule has 4 aromatic carbocycles. The lowest BCUT2D eigenvalue weighted by atomic mass is 9.49. The van der Waals surface area contributed by atoms with Gasteiger partial charge in [0.2, 0.25) is 0 Å². The summed E-state index contributed by atoms with van der Waals surface area (Å²) in [5.41, 5.74) is 4.04. The number of carbonyl (C=O) groups is 4. The number of para-hydroxylation sites is 1. The normalized spacial score (nSPS) is 41.6. The molecule has 16 aliphatic rings. The van der Waals surface area contributed by atoms with Crippen molar-refractivity contribution in [1.82, 2.24) is 60.0 Å². The van der Waals surface area contributed by atoms with Crippen LogP contribution in [0.5, 0.6) is 0 Å². The fourth-order valence-electron chi connectivity index (χ4n) is 36.1. The molecule has 16 fully saturated rings. The lowest BCUT2D eigenvalue weighted by molar-refractivity contribution is -0.138. The molecular formula is C112H154F2N12O10. The van der Waals surface area contributed by atoms with E-state index in [9.17, 15) is 48.4 Å². The third kappa shape index (κ3) is 17.7. The van der Waals surface area contributed by atoms with Crippen LogP contribution in [0.4, 0.5) is 8.78 Å². The van der Waals surface area contributed by atoms with E-state index in [-0.39, 0.29) is 81.6 Å². The summed E-state index contributed by atoms with van der Waals surface area (Å²) in [6.45, 7) is 20.9. The van der Waals surface area contributed by atoms with Gasteiger partial charge in [0.15, 0.2) is 23.1 Å². The standard InChI is InChI=1S/2C29H40FN3O3.2C27H37N3O2/c1-3-36-17-29(35)13-11-20-18(15-29)4-6-22-21(20)10-12-28(2)23(22)7-8-24(28)27(34)16-33-26-14-19(30)5-9-25(26)31-32-33;1-3-36-17-29(35)13-11-20-18(15-29)4-6-22-21(20)10-12-28(2)23(22)7-8-24(28)27(34)16-33-31-25-9-5-19(30)14-26(25)32-33;1-26(32)13-11-18-17(15-26)7-8-20-19(18)12-14-27(2)21(20)9-10-22(27)25(31)16-30-24-6-4-3-5-23(24)28-29-30;1-26(32)13-11-18-17(15-26)7-8-20-19(18)12-14-27(2)21(20)9-10-22(27)25(31)16-30-28-23-5-3-4-6-24(23)29-30/h2*5,9,14,18,20-24,35H,3-4,6-8,10-13,15-17H2,1-2H3;2*3-6,17-22,32H,7-16H2,1-2H3/t2*18-,20+,21-,22-,23+,24-,28+,29-;2*17-,18-,19+,20+,21-,22+,26+,27-/m1100/s1. The Hall–Kier alpha value is -7.22. The van der Waals surface area contributed by atoms with E-state index in [0.29, 0.717) is 144 Å². The van der Waals surface area contributed by atoms with Crippen LogP contribution in [0.1, 0.15) is 287 Å². The van der Waals surface area contributed by atoms with E-state index >= 15 is 0 Å². The number of carbonyl (C=O) groups excluding carboxylic acids is 4. The maximum atomic E-state index is 13.8. The molecule has 24 rings (SSSR count). The van der Waals surface area contributed by atoms with Crippen molar-refractivity contribution in [2.24, 2.45) is 164 Å². The fraction of sp³-hybridized carbons (Fsp3) is 0.750. The molecule has 22 nitrogen and oxygen atoms in total. The van der Waals surface area contributed by atoms with Crippen LogP contribution in [0.15, 0.2) is 84.9 Å². The molecule has 0 aliphatic heterocycles. The molecule has 4 heterocycles. The average Bonchev–Trinajstić information content (AvgIpc) is 1.55. The molecule has 0 amide bonds. The van der Waals surface area contributed by atoms with Gasteiger partial charge in [0.1, 0.15) is 70.9 Å². The van der Waals surface area contributed by atoms with Crippen LogP contribution in [0.3, 0.4) is 0 Å². The van der Waals surface area contributed by atoms with Crippen molar-refractivity contribution in [1.29, 1.82) is 0 Å². The van der Waals surface area contributed by atoms with Crippen LogP contribution in [0, 0.1) is 175 Å². The monoisotopic (exact) mass is 1870 g/mol. The number of ether oxygens (including phenoxy) is 2. The van der Waals surface area contributed by atoms with Gasteiger partial charge in [-0.15, -0.1) is 10.2 Å². The van der Waals surface area contributed by atoms with Crippen molar-refractivity contribution in [3.05, 3.63) is 96.6 Å². The van der Waals surface area contributed by atoms with Gasteiger partial charge in [0, 0.05) is 49.0 Å². The van der Waals surface area contributed by atoms with Crippen LogP contribution in [-0.4, -0.2) is 152 Å². The van der Waals surface area contributed by atoms with Gasteiger partial charge in [-0.1, -0.05) is 62.4 Å². The summed E-state index contributed by atoms with van der Waals surface area (Å²) in [7, 11) is 0. The highest BCUT2D eigenvalue weighted by Crippen LogP contribution is 2.70. The Balaban J connectivity index is 0.000000109. The van der Waals surface area contributed by atoms with Crippen molar-refractivity contribution in [2.75, 3.05) is 26.4 Å². The fourth-order valence-corrected chi connectivity index (χ4v) is 36.1. The molecule has 16 aliphatic carbocycles. The summed E-state index contributed by atoms with van der Waals surface area (Å²) in [6.07, 6.45) is 40.2. The molecule has 0 bridgehead atoms. The molecule has 4 N–H and O–H groups in total. The number of hydrogen-bond acceptors (Lipinski definition) is 18. The van der Waals surface area contributed by atoms with Crippen LogP contribution < -0.4 is 0 Å². The lowest BCUT2D eigenvalue weighted by Crippen LogP contribution is -2.52. The molecule has 736 valence electrons. The van der Waals surface area contributed by atoms with Gasteiger partial charge in [-0.3, -0.25) is 19.2 Å². The van der Waals surface area contributed by atoms with E-state index in [1.165, 1.54) is 145 Å². The summed E-state index contributed by atoms with van der Waals surface area (Å²) >= 11 is 0. The first-order valence-corrected chi connectivity index (χ1v) is 54.0. The number of rotatable bonds is 18. The average molecular weight is 1870 g/mol. The molecule has 24 heteroatoms. The maximum Gasteiger partial charge on any atom is 0.159 e. The second-order valence-corrected chi connectivity index (χ2v) is 49.2. The first-order valence-electron chi connectivity index (χ1n) is 54.0. The van der Waals surface area contributed by atoms with Crippen molar-refractivity contribution < 1.29 is 57.9 Å². The van der Waals surface area contributed by atoms with Crippen LogP contribution in [-0.2, 0) is 54.8 Å². The van der Waals surface area contributed by atoms with Gasteiger partial charge in [-0.25, -0.2) is 18.1 Å². The Morgan fingerprint density at radius 1 is 0.331 bits per heavy atom. The van der Waals surface area contributed by atoms with Gasteiger partial charge in [0.05, 0.1) is 46.7 Å². The third-order valence-corrected chi connectivity index (χ3v) is 42.2. The molecule has 4 aromatic heterocycles. The largest absolute Gasteiger partial charge is 0.390 e. The molecule has 0 saturated heterocycles. The van der Waals surface area contributed by atoms with E-state index in [1.807, 2.05) is 76.2 Å². The predicted octanol–water partition coefficient (Wildman–Crippen LogP) is 20.4. The predicted molar refractivity (Wildman–Crippen MR) is 517 cm³/mol. The van der Waals surface area contributed by atoms with Gasteiger partial charge < -0.3 is 29.9 Å². The van der Waals surface area contributed by atoms with Gasteiger partial charge in [-0.05, 0) is 447 Å². The van der Waals surface area contributed by atoms with E-state index in [4.69, 9.17) is 9.47 Å². The number of benzene rings is 4. The van der Waals surface area contributed by atoms with Gasteiger partial charge in [-0.2, -0.15) is 30.0 Å². The molecule has 136 heavy (non-hydrogen) atoms. The van der Waals surface area contributed by atoms with E-state index < -0.39 is 22.4 Å². The number of nitrogens with zero attached hydrogens (tertiary/aromatic N) is 12. The Morgan fingerprint density at radius 3 is 1.04 bits per heavy atom. The minimum Gasteiger partial charge on any atom is -0.390 e. The van der Waals surface area contributed by atoms with Crippen molar-refractivity contribution in [3.8, 4) is 0 Å². The number of halogens is 2. The van der Waals surface area contributed by atoms with E-state index in [0.717, 1.165) is 185 Å². The Labute approximate surface area is 802 Å². The van der Waals surface area contributed by atoms with Crippen LogP contribution in [0.25, 0.3) is 44.1 Å². The maximum absolute atomic E-state index is 13.8. The van der Waals surface area contributed by atoms with Crippen molar-refractivity contribution in [3.63, 3.8) is 0 Å². The molecule has 32 atom stereocenters. The smallest absolute Gasteiger partial charge is 0.159 e. The molecule has 0 unspecified atom stereocenters. The van der Waals surface area contributed by atoms with Gasteiger partial charge >= 0.3 is 0 Å². The number of ketones is 4.